The SMILES string of the molecule is O=C(O)C12C=C([N+](=O)[O-])C=C([N+](=O)[O-])C1(O)O2. The molecule has 2 unspecified atom stereocenters. The average molecular weight is 244 g/mol. The third-order valence-corrected chi connectivity index (χ3v) is 2.48. The maximum absolute atomic E-state index is 10.9. The molecular formula is C7H4N2O8. The van der Waals surface area contributed by atoms with Gasteiger partial charge >= 0.3 is 17.5 Å². The number of nitro groups is 2. The van der Waals surface area contributed by atoms with Crippen molar-refractivity contribution in [1.29, 1.82) is 0 Å². The van der Waals surface area contributed by atoms with Crippen LogP contribution in [-0.2, 0) is 9.53 Å². The summed E-state index contributed by atoms with van der Waals surface area (Å²) in [4.78, 5) is 29.8. The largest absolute Gasteiger partial charge is 0.479 e. The average Bonchev–Trinajstić information content (AvgIpc) is 2.83. The van der Waals surface area contributed by atoms with E-state index in [1.165, 1.54) is 0 Å². The number of aliphatic carboxylic acids is 1. The second kappa shape index (κ2) is 2.87. The topological polar surface area (TPSA) is 156 Å². The third kappa shape index (κ3) is 1.18. The number of aliphatic hydroxyl groups is 1. The van der Waals surface area contributed by atoms with Crippen molar-refractivity contribution in [2.24, 2.45) is 0 Å². The first-order chi connectivity index (χ1) is 7.74. The van der Waals surface area contributed by atoms with Gasteiger partial charge in [0.15, 0.2) is 0 Å². The van der Waals surface area contributed by atoms with Crippen LogP contribution >= 0.6 is 0 Å². The van der Waals surface area contributed by atoms with Crippen molar-refractivity contribution in [3.63, 3.8) is 0 Å². The summed E-state index contributed by atoms with van der Waals surface area (Å²) in [5, 5.41) is 39.5. The molecule has 1 saturated heterocycles. The van der Waals surface area contributed by atoms with Gasteiger partial charge in [0, 0.05) is 6.08 Å². The number of carboxylic acids is 1. The van der Waals surface area contributed by atoms with E-state index in [0.29, 0.717) is 12.2 Å². The van der Waals surface area contributed by atoms with Gasteiger partial charge < -0.3 is 14.9 Å². The van der Waals surface area contributed by atoms with Crippen LogP contribution < -0.4 is 0 Å². The monoisotopic (exact) mass is 244 g/mol. The van der Waals surface area contributed by atoms with E-state index < -0.39 is 38.6 Å². The van der Waals surface area contributed by atoms with Crippen LogP contribution in [0.2, 0.25) is 0 Å². The van der Waals surface area contributed by atoms with E-state index in [1.807, 2.05) is 0 Å². The summed E-state index contributed by atoms with van der Waals surface area (Å²) in [6.45, 7) is 0. The quantitative estimate of drug-likeness (QED) is 0.358. The van der Waals surface area contributed by atoms with Gasteiger partial charge in [-0.05, 0) is 0 Å². The number of fused-ring (bicyclic) bond motifs is 1. The fourth-order valence-corrected chi connectivity index (χ4v) is 1.60. The first-order valence-corrected chi connectivity index (χ1v) is 4.14. The van der Waals surface area contributed by atoms with Crippen molar-refractivity contribution >= 4 is 5.97 Å². The maximum atomic E-state index is 10.9. The Morgan fingerprint density at radius 2 is 1.94 bits per heavy atom. The van der Waals surface area contributed by atoms with Crippen LogP contribution in [-0.4, -0.2) is 37.4 Å². The van der Waals surface area contributed by atoms with Gasteiger partial charge in [-0.2, -0.15) is 0 Å². The van der Waals surface area contributed by atoms with E-state index in [0.717, 1.165) is 0 Å². The molecule has 17 heavy (non-hydrogen) atoms. The molecule has 0 spiro atoms. The van der Waals surface area contributed by atoms with Crippen LogP contribution in [0.3, 0.4) is 0 Å². The zero-order chi connectivity index (χ0) is 13.0. The van der Waals surface area contributed by atoms with Gasteiger partial charge in [-0.25, -0.2) is 4.79 Å². The summed E-state index contributed by atoms with van der Waals surface area (Å²) in [7, 11) is 0. The Kier molecular flexibility index (Phi) is 1.88. The molecule has 0 radical (unpaired) electrons. The van der Waals surface area contributed by atoms with Gasteiger partial charge in [-0.15, -0.1) is 0 Å². The smallest absolute Gasteiger partial charge is 0.346 e. The minimum Gasteiger partial charge on any atom is -0.479 e. The van der Waals surface area contributed by atoms with Gasteiger partial charge in [0.2, 0.25) is 0 Å². The number of carbonyl (C=O) groups is 1. The Bertz CT molecular complexity index is 522. The number of ether oxygens (including phenoxy) is 1. The number of rotatable bonds is 3. The Labute approximate surface area is 91.7 Å². The van der Waals surface area contributed by atoms with E-state index >= 15 is 0 Å². The number of allylic oxidation sites excluding steroid dienone is 1. The predicted molar refractivity (Wildman–Crippen MR) is 46.6 cm³/mol. The van der Waals surface area contributed by atoms with Crippen molar-refractivity contribution in [1.82, 2.24) is 0 Å². The van der Waals surface area contributed by atoms with Crippen molar-refractivity contribution in [3.05, 3.63) is 43.8 Å². The molecule has 90 valence electrons. The number of carboxylic acid groups (broad SMARTS) is 1. The highest BCUT2D eigenvalue weighted by Gasteiger charge is 2.83. The first-order valence-electron chi connectivity index (χ1n) is 4.14. The lowest BCUT2D eigenvalue weighted by Crippen LogP contribution is -2.38. The molecule has 1 aliphatic carbocycles. The van der Waals surface area contributed by atoms with Crippen LogP contribution in [0.1, 0.15) is 0 Å². The van der Waals surface area contributed by atoms with E-state index in [-0.39, 0.29) is 0 Å². The van der Waals surface area contributed by atoms with Crippen molar-refractivity contribution in [2.75, 3.05) is 0 Å². The normalized spacial score (nSPS) is 34.2. The third-order valence-electron chi connectivity index (χ3n) is 2.48. The maximum Gasteiger partial charge on any atom is 0.346 e. The van der Waals surface area contributed by atoms with Crippen LogP contribution in [0.5, 0.6) is 0 Å². The molecule has 1 fully saturated rings. The summed E-state index contributed by atoms with van der Waals surface area (Å²) in [6.07, 6.45) is 0.997. The van der Waals surface area contributed by atoms with Gasteiger partial charge in [-0.1, -0.05) is 0 Å². The summed E-state index contributed by atoms with van der Waals surface area (Å²) in [5.41, 5.74) is -4.34. The summed E-state index contributed by atoms with van der Waals surface area (Å²) in [6, 6.07) is 0. The van der Waals surface area contributed by atoms with Crippen LogP contribution in [0.25, 0.3) is 0 Å². The molecule has 0 aromatic carbocycles. The Balaban J connectivity index is 2.59. The minimum absolute atomic E-state index is 0.466. The molecular weight excluding hydrogens is 240 g/mol. The predicted octanol–water partition coefficient (Wildman–Crippen LogP) is -1.14. The molecule has 2 atom stereocenters. The van der Waals surface area contributed by atoms with Gasteiger partial charge in [0.25, 0.3) is 11.3 Å². The standard InChI is InChI=1S/C7H4N2O8/c10-5(11)6-2-3(8(13)14)1-4(9(15)16)7(6,12)17-6/h1-2,12H,(H,10,11). The Morgan fingerprint density at radius 3 is 2.35 bits per heavy atom. The number of hydrogen-bond acceptors (Lipinski definition) is 7. The summed E-state index contributed by atoms with van der Waals surface area (Å²) in [5.74, 6) is -4.39. The van der Waals surface area contributed by atoms with Crippen molar-refractivity contribution < 1.29 is 29.6 Å². The molecule has 0 aromatic rings. The molecule has 0 saturated carbocycles. The van der Waals surface area contributed by atoms with Gasteiger partial charge in [-0.3, -0.25) is 20.2 Å². The zero-order valence-corrected chi connectivity index (χ0v) is 7.89. The first kappa shape index (κ1) is 11.2. The molecule has 1 heterocycles. The van der Waals surface area contributed by atoms with Crippen LogP contribution in [0.15, 0.2) is 23.5 Å². The molecule has 10 nitrogen and oxygen atoms in total. The Morgan fingerprint density at radius 1 is 1.35 bits per heavy atom. The number of epoxide rings is 1. The Hall–Kier alpha value is -2.33. The molecule has 2 N–H and O–H groups in total. The zero-order valence-electron chi connectivity index (χ0n) is 7.89. The van der Waals surface area contributed by atoms with Crippen LogP contribution in [0, 0.1) is 20.2 Å². The lowest BCUT2D eigenvalue weighted by Gasteiger charge is -2.09. The molecule has 2 aliphatic rings. The second-order valence-corrected chi connectivity index (χ2v) is 3.40. The van der Waals surface area contributed by atoms with Crippen molar-refractivity contribution in [3.8, 4) is 0 Å². The summed E-state index contributed by atoms with van der Waals surface area (Å²) < 4.78 is 4.43. The molecule has 10 heteroatoms. The van der Waals surface area contributed by atoms with Gasteiger partial charge in [0.05, 0.1) is 15.9 Å². The molecule has 2 rings (SSSR count). The fourth-order valence-electron chi connectivity index (χ4n) is 1.60. The van der Waals surface area contributed by atoms with E-state index in [4.69, 9.17) is 5.11 Å². The molecule has 0 amide bonds. The van der Waals surface area contributed by atoms with E-state index in [1.54, 1.807) is 0 Å². The van der Waals surface area contributed by atoms with E-state index in [9.17, 15) is 30.1 Å². The summed E-state index contributed by atoms with van der Waals surface area (Å²) >= 11 is 0. The highest BCUT2D eigenvalue weighted by atomic mass is 16.8. The fraction of sp³-hybridized carbons (Fsp3) is 0.286. The van der Waals surface area contributed by atoms with E-state index in [2.05, 4.69) is 4.74 Å². The second-order valence-electron chi connectivity index (χ2n) is 3.40. The lowest BCUT2D eigenvalue weighted by atomic mass is 9.93. The van der Waals surface area contributed by atoms with Crippen molar-refractivity contribution in [2.45, 2.75) is 11.4 Å². The van der Waals surface area contributed by atoms with Gasteiger partial charge in [0.1, 0.15) is 0 Å². The highest BCUT2D eigenvalue weighted by Crippen LogP contribution is 2.55. The lowest BCUT2D eigenvalue weighted by molar-refractivity contribution is -0.450. The molecule has 0 aromatic heterocycles. The minimum atomic E-state index is -2.65. The number of nitrogens with zero attached hydrogens (tertiary/aromatic N) is 2. The highest BCUT2D eigenvalue weighted by molar-refractivity contribution is 5.87. The molecule has 1 aliphatic heterocycles. The number of hydrogen-bond donors (Lipinski definition) is 2. The van der Waals surface area contributed by atoms with Crippen LogP contribution in [0.4, 0.5) is 0 Å². The molecule has 0 bridgehead atoms.